The van der Waals surface area contributed by atoms with Crippen molar-refractivity contribution in [3.63, 3.8) is 0 Å². The summed E-state index contributed by atoms with van der Waals surface area (Å²) >= 11 is 0. The van der Waals surface area contributed by atoms with E-state index in [0.717, 1.165) is 41.5 Å². The Morgan fingerprint density at radius 3 is 1.67 bits per heavy atom. The summed E-state index contributed by atoms with van der Waals surface area (Å²) in [5.41, 5.74) is 2.37. The average molecular weight is 517 g/mol. The molecule has 6 heteroatoms. The Kier molecular flexibility index (Phi) is 4.29. The first-order chi connectivity index (χ1) is 19.3. The number of piperidine rings is 3. The van der Waals surface area contributed by atoms with E-state index >= 15 is 0 Å². The van der Waals surface area contributed by atoms with Gasteiger partial charge in [-0.3, -0.25) is 4.57 Å². The van der Waals surface area contributed by atoms with E-state index in [1.807, 2.05) is 0 Å². The molecule has 3 aliphatic heterocycles. The molecule has 4 aromatic rings. The molecular weight excluding hydrogens is 480 g/mol. The molecule has 2 aromatic carbocycles. The van der Waals surface area contributed by atoms with Gasteiger partial charge in [0.1, 0.15) is 0 Å². The van der Waals surface area contributed by atoms with Gasteiger partial charge in [-0.25, -0.2) is 0 Å². The Morgan fingerprint density at radius 1 is 0.487 bits per heavy atom. The third-order valence-electron chi connectivity index (χ3n) is 11.8. The van der Waals surface area contributed by atoms with Crippen LogP contribution in [-0.2, 0) is 0 Å². The van der Waals surface area contributed by atoms with Crippen LogP contribution in [-0.4, -0.2) is 43.7 Å². The smallest absolute Gasteiger partial charge is 0.241 e. The molecule has 4 saturated carbocycles. The number of rotatable bonds is 3. The lowest BCUT2D eigenvalue weighted by molar-refractivity contribution is 0.0884. The van der Waals surface area contributed by atoms with Crippen molar-refractivity contribution in [3.8, 4) is 5.95 Å². The minimum absolute atomic E-state index is 0.585. The maximum atomic E-state index is 5.42. The van der Waals surface area contributed by atoms with Crippen LogP contribution in [0.2, 0.25) is 0 Å². The van der Waals surface area contributed by atoms with E-state index < -0.39 is 0 Å². The van der Waals surface area contributed by atoms with Gasteiger partial charge in [0.25, 0.3) is 0 Å². The third kappa shape index (κ3) is 3.01. The van der Waals surface area contributed by atoms with Crippen LogP contribution < -0.4 is 9.80 Å². The van der Waals surface area contributed by atoms with Crippen LogP contribution in [0.25, 0.3) is 27.8 Å². The van der Waals surface area contributed by atoms with Gasteiger partial charge in [0.05, 0.1) is 11.0 Å². The van der Waals surface area contributed by atoms with Crippen LogP contribution in [0.3, 0.4) is 0 Å². The van der Waals surface area contributed by atoms with E-state index in [0.29, 0.717) is 24.2 Å². The zero-order valence-corrected chi connectivity index (χ0v) is 22.5. The lowest BCUT2D eigenvalue weighted by atomic mass is 9.64. The molecule has 4 unspecified atom stereocenters. The minimum atomic E-state index is 0.585. The molecule has 7 bridgehead atoms. The number of nitrogens with zero attached hydrogens (tertiary/aromatic N) is 6. The molecule has 11 rings (SSSR count). The fourth-order valence-electron chi connectivity index (χ4n) is 10.5. The maximum Gasteiger partial charge on any atom is 0.241 e. The number of para-hydroxylation sites is 2. The fraction of sp³-hybridized carbons (Fsp3) is 0.545. The lowest BCUT2D eigenvalue weighted by Gasteiger charge is -2.56. The van der Waals surface area contributed by atoms with Crippen LogP contribution in [0.1, 0.15) is 64.2 Å². The molecular formula is C33H36N6. The first kappa shape index (κ1) is 21.6. The fourth-order valence-corrected chi connectivity index (χ4v) is 10.5. The van der Waals surface area contributed by atoms with Crippen molar-refractivity contribution >= 4 is 33.7 Å². The van der Waals surface area contributed by atoms with Gasteiger partial charge in [-0.05, 0) is 100 Å². The molecule has 5 heterocycles. The second kappa shape index (κ2) is 7.74. The number of hydrogen-bond acceptors (Lipinski definition) is 5. The third-order valence-corrected chi connectivity index (χ3v) is 11.8. The summed E-state index contributed by atoms with van der Waals surface area (Å²) in [6, 6.07) is 19.9. The van der Waals surface area contributed by atoms with Crippen molar-refractivity contribution in [3.05, 3.63) is 48.5 Å². The highest BCUT2D eigenvalue weighted by Crippen LogP contribution is 2.53. The highest BCUT2D eigenvalue weighted by atomic mass is 15.4. The lowest BCUT2D eigenvalue weighted by Crippen LogP contribution is -2.59. The molecule has 6 nitrogen and oxygen atoms in total. The summed E-state index contributed by atoms with van der Waals surface area (Å²) < 4.78 is 2.31. The molecule has 4 aliphatic carbocycles. The first-order valence-corrected chi connectivity index (χ1v) is 15.6. The maximum absolute atomic E-state index is 5.42. The molecule has 3 saturated heterocycles. The standard InChI is InChI=1S/C33H36N6/c1-3-7-29-27(5-1)28-6-2-4-8-30(28)39(29)33-35-31(37-23-10-9-21-16-26(37)18-22(21)17-23)34-32(36-33)38-24-12-19-11-20(14-24)15-25(38)13-19/h1-8,19-26H,9-18H2. The summed E-state index contributed by atoms with van der Waals surface area (Å²) in [7, 11) is 0. The van der Waals surface area contributed by atoms with E-state index in [4.69, 9.17) is 15.0 Å². The summed E-state index contributed by atoms with van der Waals surface area (Å²) in [5, 5.41) is 2.53. The topological polar surface area (TPSA) is 50.1 Å². The van der Waals surface area contributed by atoms with Gasteiger partial charge in [0, 0.05) is 34.9 Å². The van der Waals surface area contributed by atoms with Gasteiger partial charge in [-0.2, -0.15) is 15.0 Å². The zero-order chi connectivity index (χ0) is 25.2. The molecule has 0 radical (unpaired) electrons. The van der Waals surface area contributed by atoms with Crippen molar-refractivity contribution in [1.29, 1.82) is 0 Å². The average Bonchev–Trinajstić information content (AvgIpc) is 3.41. The molecule has 198 valence electrons. The van der Waals surface area contributed by atoms with E-state index in [1.54, 1.807) is 0 Å². The van der Waals surface area contributed by atoms with Crippen molar-refractivity contribution in [1.82, 2.24) is 19.5 Å². The highest BCUT2D eigenvalue weighted by Gasteiger charge is 2.51. The second-order valence-corrected chi connectivity index (χ2v) is 13.8. The van der Waals surface area contributed by atoms with Crippen molar-refractivity contribution < 1.29 is 0 Å². The van der Waals surface area contributed by atoms with Gasteiger partial charge in [0.2, 0.25) is 17.8 Å². The highest BCUT2D eigenvalue weighted by molar-refractivity contribution is 6.08. The van der Waals surface area contributed by atoms with E-state index in [9.17, 15) is 0 Å². The monoisotopic (exact) mass is 516 g/mol. The number of aromatic nitrogens is 4. The molecule has 4 atom stereocenters. The summed E-state index contributed by atoms with van der Waals surface area (Å²) in [6.45, 7) is 0. The predicted octanol–water partition coefficient (Wildman–Crippen LogP) is 6.50. The van der Waals surface area contributed by atoms with E-state index in [2.05, 4.69) is 62.9 Å². The minimum Gasteiger partial charge on any atom is -0.335 e. The van der Waals surface area contributed by atoms with E-state index in [-0.39, 0.29) is 0 Å². The van der Waals surface area contributed by atoms with Crippen molar-refractivity contribution in [2.45, 2.75) is 88.4 Å². The van der Waals surface area contributed by atoms with Gasteiger partial charge < -0.3 is 9.80 Å². The number of fused-ring (bicyclic) bond motifs is 5. The summed E-state index contributed by atoms with van der Waals surface area (Å²) in [5.74, 6) is 6.36. The van der Waals surface area contributed by atoms with Crippen LogP contribution in [0.5, 0.6) is 0 Å². The Hall–Kier alpha value is -3.15. The van der Waals surface area contributed by atoms with Crippen molar-refractivity contribution in [2.24, 2.45) is 23.7 Å². The molecule has 0 spiro atoms. The Balaban J connectivity index is 1.19. The molecule has 39 heavy (non-hydrogen) atoms. The van der Waals surface area contributed by atoms with Gasteiger partial charge in [0.15, 0.2) is 0 Å². The first-order valence-electron chi connectivity index (χ1n) is 15.6. The summed E-state index contributed by atoms with van der Waals surface area (Å²) in [6.07, 6.45) is 13.4. The van der Waals surface area contributed by atoms with Gasteiger partial charge >= 0.3 is 0 Å². The molecule has 0 N–H and O–H groups in total. The van der Waals surface area contributed by atoms with Crippen LogP contribution in [0, 0.1) is 23.7 Å². The second-order valence-electron chi connectivity index (χ2n) is 13.8. The molecule has 0 amide bonds. The number of benzene rings is 2. The Bertz CT molecular complexity index is 1530. The van der Waals surface area contributed by atoms with Crippen LogP contribution in [0.15, 0.2) is 48.5 Å². The number of hydrogen-bond donors (Lipinski definition) is 0. The predicted molar refractivity (Wildman–Crippen MR) is 154 cm³/mol. The zero-order valence-electron chi connectivity index (χ0n) is 22.5. The van der Waals surface area contributed by atoms with Crippen molar-refractivity contribution in [2.75, 3.05) is 9.80 Å². The Labute approximate surface area is 229 Å². The van der Waals surface area contributed by atoms with Crippen LogP contribution in [0.4, 0.5) is 11.9 Å². The quantitative estimate of drug-likeness (QED) is 0.311. The molecule has 7 aliphatic rings. The van der Waals surface area contributed by atoms with Gasteiger partial charge in [-0.1, -0.05) is 36.4 Å². The normalized spacial score (nSPS) is 36.1. The largest absolute Gasteiger partial charge is 0.335 e. The van der Waals surface area contributed by atoms with Crippen LogP contribution >= 0.6 is 0 Å². The Morgan fingerprint density at radius 2 is 1.00 bits per heavy atom. The van der Waals surface area contributed by atoms with E-state index in [1.165, 1.54) is 86.0 Å². The molecule has 2 aromatic heterocycles. The molecule has 7 fully saturated rings. The van der Waals surface area contributed by atoms with Gasteiger partial charge in [-0.15, -0.1) is 0 Å². The SMILES string of the molecule is c1ccc2c(c1)c1ccccc1n2-c1nc(N2C3CC4CC(C3)CC2C4)nc(N2C3CCC4CC2CC4C3)n1. The number of anilines is 2. The summed E-state index contributed by atoms with van der Waals surface area (Å²) in [4.78, 5) is 21.5.